The normalized spacial score (nSPS) is 41.2. The molecular weight excluding hydrogens is 134 g/mol. The van der Waals surface area contributed by atoms with Gasteiger partial charge in [-0.3, -0.25) is 0 Å². The molecule has 2 rings (SSSR count). The molecule has 0 aromatic carbocycles. The Kier molecular flexibility index (Phi) is 2.94. The average molecular weight is 155 g/mol. The Balaban J connectivity index is 0.000000281. The minimum Gasteiger partial charge on any atom is -0.316 e. The summed E-state index contributed by atoms with van der Waals surface area (Å²) in [4.78, 5) is 0. The van der Waals surface area contributed by atoms with E-state index in [2.05, 4.69) is 12.2 Å². The summed E-state index contributed by atoms with van der Waals surface area (Å²) in [6, 6.07) is 0. The third-order valence-electron chi connectivity index (χ3n) is 2.90. The third kappa shape index (κ3) is 1.76. The molecule has 1 heterocycles. The highest BCUT2D eigenvalue weighted by Crippen LogP contribution is 2.49. The largest absolute Gasteiger partial charge is 0.316 e. The van der Waals surface area contributed by atoms with E-state index in [0.29, 0.717) is 0 Å². The molecule has 1 aliphatic carbocycles. The Morgan fingerprint density at radius 1 is 1.27 bits per heavy atom. The molecule has 0 radical (unpaired) electrons. The van der Waals surface area contributed by atoms with Crippen molar-refractivity contribution in [1.29, 1.82) is 0 Å². The molecule has 1 N–H and O–H groups in total. The molecule has 1 heteroatoms. The molecule has 1 nitrogen and oxygen atoms in total. The zero-order valence-corrected chi connectivity index (χ0v) is 8.11. The van der Waals surface area contributed by atoms with E-state index in [1.54, 1.807) is 0 Å². The highest BCUT2D eigenvalue weighted by atomic mass is 14.9. The SMILES string of the molecule is CC.CC1CC2(CCNC2)C1. The van der Waals surface area contributed by atoms with Gasteiger partial charge in [-0.1, -0.05) is 20.8 Å². The van der Waals surface area contributed by atoms with Crippen LogP contribution in [0, 0.1) is 11.3 Å². The first-order valence-corrected chi connectivity index (χ1v) is 5.02. The van der Waals surface area contributed by atoms with Gasteiger partial charge in [-0.25, -0.2) is 0 Å². The fraction of sp³-hybridized carbons (Fsp3) is 1.00. The van der Waals surface area contributed by atoms with Gasteiger partial charge in [-0.05, 0) is 37.1 Å². The van der Waals surface area contributed by atoms with Crippen molar-refractivity contribution in [2.24, 2.45) is 11.3 Å². The second-order valence-electron chi connectivity index (χ2n) is 3.94. The first-order valence-electron chi connectivity index (χ1n) is 5.02. The number of rotatable bonds is 0. The highest BCUT2D eigenvalue weighted by molar-refractivity contribution is 4.97. The van der Waals surface area contributed by atoms with E-state index in [0.717, 1.165) is 11.3 Å². The standard InChI is InChI=1S/C8H15N.C2H6/c1-7-4-8(5-7)2-3-9-6-8;1-2/h7,9H,2-6H2,1H3;1-2H3. The van der Waals surface area contributed by atoms with E-state index in [1.165, 1.54) is 32.4 Å². The number of hydrogen-bond acceptors (Lipinski definition) is 1. The van der Waals surface area contributed by atoms with Crippen molar-refractivity contribution in [2.45, 2.75) is 40.0 Å². The van der Waals surface area contributed by atoms with Gasteiger partial charge >= 0.3 is 0 Å². The van der Waals surface area contributed by atoms with Crippen molar-refractivity contribution in [3.8, 4) is 0 Å². The zero-order chi connectivity index (χ0) is 8.32. The molecule has 1 spiro atoms. The molecule has 0 unspecified atom stereocenters. The lowest BCUT2D eigenvalue weighted by Crippen LogP contribution is -2.37. The lowest BCUT2D eigenvalue weighted by molar-refractivity contribution is 0.0897. The van der Waals surface area contributed by atoms with Crippen LogP contribution in [-0.4, -0.2) is 13.1 Å². The van der Waals surface area contributed by atoms with Crippen LogP contribution in [0.3, 0.4) is 0 Å². The minimum absolute atomic E-state index is 0.777. The van der Waals surface area contributed by atoms with Gasteiger partial charge in [0.05, 0.1) is 0 Å². The van der Waals surface area contributed by atoms with Crippen LogP contribution in [-0.2, 0) is 0 Å². The van der Waals surface area contributed by atoms with Gasteiger partial charge in [-0.2, -0.15) is 0 Å². The van der Waals surface area contributed by atoms with Crippen molar-refractivity contribution in [2.75, 3.05) is 13.1 Å². The maximum atomic E-state index is 3.44. The summed E-state index contributed by atoms with van der Waals surface area (Å²) in [6.45, 7) is 8.94. The Bertz CT molecular complexity index is 106. The molecule has 66 valence electrons. The Morgan fingerprint density at radius 2 is 1.91 bits per heavy atom. The van der Waals surface area contributed by atoms with Crippen molar-refractivity contribution in [1.82, 2.24) is 5.32 Å². The molecule has 1 saturated heterocycles. The summed E-state index contributed by atoms with van der Waals surface area (Å²) >= 11 is 0. The van der Waals surface area contributed by atoms with Crippen molar-refractivity contribution in [3.05, 3.63) is 0 Å². The van der Waals surface area contributed by atoms with Gasteiger partial charge in [0.25, 0.3) is 0 Å². The van der Waals surface area contributed by atoms with Crippen LogP contribution in [0.5, 0.6) is 0 Å². The van der Waals surface area contributed by atoms with E-state index in [1.807, 2.05) is 13.8 Å². The fourth-order valence-corrected chi connectivity index (χ4v) is 2.56. The van der Waals surface area contributed by atoms with Gasteiger partial charge in [0.2, 0.25) is 0 Å². The van der Waals surface area contributed by atoms with Crippen molar-refractivity contribution >= 4 is 0 Å². The molecule has 2 aliphatic rings. The van der Waals surface area contributed by atoms with Crippen LogP contribution in [0.15, 0.2) is 0 Å². The molecule has 1 saturated carbocycles. The molecule has 1 aliphatic heterocycles. The summed E-state index contributed by atoms with van der Waals surface area (Å²) in [7, 11) is 0. The molecule has 0 atom stereocenters. The third-order valence-corrected chi connectivity index (χ3v) is 2.90. The first kappa shape index (κ1) is 9.05. The minimum atomic E-state index is 0.777. The van der Waals surface area contributed by atoms with Crippen LogP contribution in [0.25, 0.3) is 0 Å². The summed E-state index contributed by atoms with van der Waals surface area (Å²) in [6.07, 6.45) is 4.41. The monoisotopic (exact) mass is 155 g/mol. The van der Waals surface area contributed by atoms with E-state index in [4.69, 9.17) is 0 Å². The van der Waals surface area contributed by atoms with Gasteiger partial charge in [0, 0.05) is 6.54 Å². The Labute approximate surface area is 70.6 Å². The van der Waals surface area contributed by atoms with Gasteiger partial charge in [-0.15, -0.1) is 0 Å². The summed E-state index contributed by atoms with van der Waals surface area (Å²) in [5.74, 6) is 1.02. The molecule has 0 aromatic rings. The molecule has 11 heavy (non-hydrogen) atoms. The summed E-state index contributed by atoms with van der Waals surface area (Å²) in [5, 5.41) is 3.44. The molecule has 2 fully saturated rings. The van der Waals surface area contributed by atoms with E-state index < -0.39 is 0 Å². The van der Waals surface area contributed by atoms with Crippen LogP contribution < -0.4 is 5.32 Å². The van der Waals surface area contributed by atoms with Crippen molar-refractivity contribution < 1.29 is 0 Å². The molecular formula is C10H21N. The molecule has 0 bridgehead atoms. The van der Waals surface area contributed by atoms with Crippen LogP contribution in [0.1, 0.15) is 40.0 Å². The summed E-state index contributed by atoms with van der Waals surface area (Å²) in [5.41, 5.74) is 0.777. The van der Waals surface area contributed by atoms with Crippen LogP contribution in [0.2, 0.25) is 0 Å². The van der Waals surface area contributed by atoms with Gasteiger partial charge < -0.3 is 5.32 Å². The zero-order valence-electron chi connectivity index (χ0n) is 8.11. The predicted molar refractivity (Wildman–Crippen MR) is 49.7 cm³/mol. The van der Waals surface area contributed by atoms with Gasteiger partial charge in [0.1, 0.15) is 0 Å². The summed E-state index contributed by atoms with van der Waals surface area (Å²) < 4.78 is 0. The fourth-order valence-electron chi connectivity index (χ4n) is 2.56. The van der Waals surface area contributed by atoms with Crippen LogP contribution in [0.4, 0.5) is 0 Å². The number of nitrogens with one attached hydrogen (secondary N) is 1. The highest BCUT2D eigenvalue weighted by Gasteiger charge is 2.43. The van der Waals surface area contributed by atoms with E-state index in [-0.39, 0.29) is 0 Å². The van der Waals surface area contributed by atoms with Crippen LogP contribution >= 0.6 is 0 Å². The molecule has 0 aromatic heterocycles. The average Bonchev–Trinajstić information content (AvgIpc) is 2.40. The van der Waals surface area contributed by atoms with Gasteiger partial charge in [0.15, 0.2) is 0 Å². The lowest BCUT2D eigenvalue weighted by Gasteiger charge is -2.43. The van der Waals surface area contributed by atoms with E-state index >= 15 is 0 Å². The number of hydrogen-bond donors (Lipinski definition) is 1. The second-order valence-corrected chi connectivity index (χ2v) is 3.94. The Hall–Kier alpha value is -0.0400. The second kappa shape index (κ2) is 3.57. The lowest BCUT2D eigenvalue weighted by atomic mass is 9.62. The topological polar surface area (TPSA) is 12.0 Å². The Morgan fingerprint density at radius 3 is 2.27 bits per heavy atom. The molecule has 0 amide bonds. The quantitative estimate of drug-likeness (QED) is 0.566. The maximum absolute atomic E-state index is 3.44. The smallest absolute Gasteiger partial charge is 0.000849 e. The first-order chi connectivity index (χ1) is 5.31. The predicted octanol–water partition coefficient (Wildman–Crippen LogP) is 2.42. The van der Waals surface area contributed by atoms with E-state index in [9.17, 15) is 0 Å². The van der Waals surface area contributed by atoms with Crippen molar-refractivity contribution in [3.63, 3.8) is 0 Å². The maximum Gasteiger partial charge on any atom is 0.000849 e.